The smallest absolute Gasteiger partial charge is 0.277 e. The van der Waals surface area contributed by atoms with Gasteiger partial charge in [0, 0.05) is 49.9 Å². The second kappa shape index (κ2) is 7.43. The number of fused-ring (bicyclic) bond motifs is 2. The number of piperazine rings is 1. The SMILES string of the molecule is CN(CC=O)c1cccc(N2C[C@@H]3C[C@H]2CN3c2ncc(C(=O)NO)cn2)c1. The maximum atomic E-state index is 11.4. The van der Waals surface area contributed by atoms with E-state index in [4.69, 9.17) is 5.21 Å². The second-order valence-electron chi connectivity index (χ2n) is 7.13. The number of hydrogen-bond acceptors (Lipinski definition) is 8. The maximum Gasteiger partial charge on any atom is 0.277 e. The van der Waals surface area contributed by atoms with E-state index in [0.717, 1.165) is 37.2 Å². The normalized spacial score (nSPS) is 20.4. The van der Waals surface area contributed by atoms with Crippen LogP contribution in [0.2, 0.25) is 0 Å². The van der Waals surface area contributed by atoms with Gasteiger partial charge in [-0.2, -0.15) is 0 Å². The molecular weight excluding hydrogens is 360 g/mol. The highest BCUT2D eigenvalue weighted by Gasteiger charge is 2.44. The highest BCUT2D eigenvalue weighted by atomic mass is 16.5. The second-order valence-corrected chi connectivity index (χ2v) is 7.13. The number of nitrogens with one attached hydrogen (secondary N) is 1. The minimum Gasteiger partial charge on any atom is -0.368 e. The highest BCUT2D eigenvalue weighted by Crippen LogP contribution is 2.37. The third-order valence-corrected chi connectivity index (χ3v) is 5.45. The molecule has 1 amide bonds. The summed E-state index contributed by atoms with van der Waals surface area (Å²) in [5.41, 5.74) is 3.97. The summed E-state index contributed by atoms with van der Waals surface area (Å²) in [6, 6.07) is 8.91. The number of carbonyl (C=O) groups is 2. The van der Waals surface area contributed by atoms with Gasteiger partial charge in [-0.3, -0.25) is 10.0 Å². The lowest BCUT2D eigenvalue weighted by Gasteiger charge is -2.36. The first-order valence-corrected chi connectivity index (χ1v) is 9.15. The fraction of sp³-hybridized carbons (Fsp3) is 0.368. The Morgan fingerprint density at radius 1 is 1.29 bits per heavy atom. The first-order chi connectivity index (χ1) is 13.6. The minimum absolute atomic E-state index is 0.216. The molecule has 2 atom stereocenters. The molecule has 2 fully saturated rings. The zero-order chi connectivity index (χ0) is 19.7. The van der Waals surface area contributed by atoms with Crippen molar-refractivity contribution in [3.8, 4) is 0 Å². The van der Waals surface area contributed by atoms with Crippen molar-refractivity contribution in [2.24, 2.45) is 0 Å². The fourth-order valence-electron chi connectivity index (χ4n) is 4.01. The van der Waals surface area contributed by atoms with Gasteiger partial charge in [0.1, 0.15) is 6.29 Å². The molecule has 0 radical (unpaired) electrons. The number of hydrogen-bond donors (Lipinski definition) is 2. The van der Waals surface area contributed by atoms with Crippen molar-refractivity contribution in [3.05, 3.63) is 42.2 Å². The van der Waals surface area contributed by atoms with E-state index < -0.39 is 5.91 Å². The summed E-state index contributed by atoms with van der Waals surface area (Å²) in [4.78, 5) is 37.3. The van der Waals surface area contributed by atoms with Crippen LogP contribution >= 0.6 is 0 Å². The summed E-state index contributed by atoms with van der Waals surface area (Å²) >= 11 is 0. The Kier molecular flexibility index (Phi) is 4.82. The molecule has 146 valence electrons. The van der Waals surface area contributed by atoms with Gasteiger partial charge in [0.15, 0.2) is 0 Å². The molecule has 0 unspecified atom stereocenters. The van der Waals surface area contributed by atoms with Crippen LogP contribution in [0.3, 0.4) is 0 Å². The van der Waals surface area contributed by atoms with Crippen molar-refractivity contribution < 1.29 is 14.8 Å². The van der Waals surface area contributed by atoms with Crippen molar-refractivity contribution in [2.75, 3.05) is 41.4 Å². The zero-order valence-electron chi connectivity index (χ0n) is 15.5. The molecule has 0 aliphatic carbocycles. The standard InChI is InChI=1S/C19H22N6O3/c1-23(5-6-26)14-3-2-4-15(7-14)24-11-17-8-16(24)12-25(17)19-20-9-13(10-21-19)18(27)22-28/h2-4,6-7,9-10,16-17,28H,5,8,11-12H2,1H3,(H,22,27)/t16-,17-/m0/s1. The molecule has 28 heavy (non-hydrogen) atoms. The molecule has 9 nitrogen and oxygen atoms in total. The van der Waals surface area contributed by atoms with E-state index in [2.05, 4.69) is 31.9 Å². The summed E-state index contributed by atoms with van der Waals surface area (Å²) < 4.78 is 0. The van der Waals surface area contributed by atoms with Gasteiger partial charge in [0.05, 0.1) is 18.2 Å². The largest absolute Gasteiger partial charge is 0.368 e. The van der Waals surface area contributed by atoms with Gasteiger partial charge >= 0.3 is 0 Å². The third kappa shape index (κ3) is 3.24. The van der Waals surface area contributed by atoms with Gasteiger partial charge in [0.2, 0.25) is 5.95 Å². The van der Waals surface area contributed by atoms with Gasteiger partial charge in [-0.1, -0.05) is 6.07 Å². The Hall–Kier alpha value is -3.20. The molecule has 2 saturated heterocycles. The predicted octanol–water partition coefficient (Wildman–Crippen LogP) is 0.698. The van der Waals surface area contributed by atoms with Crippen LogP contribution in [0.15, 0.2) is 36.7 Å². The Morgan fingerprint density at radius 2 is 2.00 bits per heavy atom. The van der Waals surface area contributed by atoms with Gasteiger partial charge in [-0.25, -0.2) is 15.4 Å². The van der Waals surface area contributed by atoms with Gasteiger partial charge in [-0.05, 0) is 24.6 Å². The number of benzene rings is 1. The van der Waals surface area contributed by atoms with Crippen LogP contribution in [0.1, 0.15) is 16.8 Å². The summed E-state index contributed by atoms with van der Waals surface area (Å²) in [7, 11) is 1.91. The van der Waals surface area contributed by atoms with E-state index in [1.54, 1.807) is 5.48 Å². The third-order valence-electron chi connectivity index (χ3n) is 5.45. The van der Waals surface area contributed by atoms with Gasteiger partial charge in [0.25, 0.3) is 5.91 Å². The Bertz CT molecular complexity index is 874. The van der Waals surface area contributed by atoms with Crippen LogP contribution < -0.4 is 20.2 Å². The van der Waals surface area contributed by atoms with Crippen molar-refractivity contribution >= 4 is 29.5 Å². The van der Waals surface area contributed by atoms with Crippen molar-refractivity contribution in [1.29, 1.82) is 0 Å². The number of nitrogens with zero attached hydrogens (tertiary/aromatic N) is 5. The number of likely N-dealkylation sites (N-methyl/N-ethyl adjacent to an activating group) is 1. The number of anilines is 3. The van der Waals surface area contributed by atoms with Crippen LogP contribution in [0.5, 0.6) is 0 Å². The van der Waals surface area contributed by atoms with Crippen LogP contribution in [0.25, 0.3) is 0 Å². The molecular formula is C19H22N6O3. The fourth-order valence-corrected chi connectivity index (χ4v) is 4.01. The molecule has 0 spiro atoms. The summed E-state index contributed by atoms with van der Waals surface area (Å²) in [5.74, 6) is -0.0267. The van der Waals surface area contributed by atoms with E-state index >= 15 is 0 Å². The van der Waals surface area contributed by atoms with Crippen LogP contribution in [-0.2, 0) is 4.79 Å². The van der Waals surface area contributed by atoms with Gasteiger partial charge in [-0.15, -0.1) is 0 Å². The van der Waals surface area contributed by atoms with E-state index in [0.29, 0.717) is 24.6 Å². The van der Waals surface area contributed by atoms with Crippen molar-refractivity contribution in [2.45, 2.75) is 18.5 Å². The molecule has 3 heterocycles. The van der Waals surface area contributed by atoms with Crippen LogP contribution in [0, 0.1) is 0 Å². The summed E-state index contributed by atoms with van der Waals surface area (Å²) in [6.07, 6.45) is 4.77. The molecule has 1 aromatic carbocycles. The number of hydroxylamine groups is 1. The Balaban J connectivity index is 1.46. The average Bonchev–Trinajstić information content (AvgIpc) is 3.35. The molecule has 9 heteroatoms. The molecule has 2 aliphatic rings. The Labute approximate surface area is 162 Å². The van der Waals surface area contributed by atoms with E-state index in [9.17, 15) is 9.59 Å². The molecule has 1 aromatic heterocycles. The quantitative estimate of drug-likeness (QED) is 0.428. The Morgan fingerprint density at radius 3 is 2.64 bits per heavy atom. The lowest BCUT2D eigenvalue weighted by atomic mass is 10.2. The number of aromatic nitrogens is 2. The summed E-state index contributed by atoms with van der Waals surface area (Å²) in [5, 5.41) is 8.68. The highest BCUT2D eigenvalue weighted by molar-refractivity contribution is 5.92. The maximum absolute atomic E-state index is 11.4. The van der Waals surface area contributed by atoms with E-state index in [-0.39, 0.29) is 5.56 Å². The molecule has 4 rings (SSSR count). The van der Waals surface area contributed by atoms with Gasteiger partial charge < -0.3 is 19.5 Å². The zero-order valence-corrected chi connectivity index (χ0v) is 15.5. The number of rotatable bonds is 6. The topological polar surface area (TPSA) is 102 Å². The van der Waals surface area contributed by atoms with Crippen molar-refractivity contribution in [1.82, 2.24) is 15.4 Å². The molecule has 2 aromatic rings. The average molecular weight is 382 g/mol. The van der Waals surface area contributed by atoms with E-state index in [1.807, 2.05) is 24.1 Å². The number of aldehydes is 1. The first-order valence-electron chi connectivity index (χ1n) is 9.15. The number of amides is 1. The molecule has 2 N–H and O–H groups in total. The molecule has 0 saturated carbocycles. The monoisotopic (exact) mass is 382 g/mol. The minimum atomic E-state index is -0.625. The lowest BCUT2D eigenvalue weighted by Crippen LogP contribution is -2.47. The van der Waals surface area contributed by atoms with Crippen LogP contribution in [0.4, 0.5) is 17.3 Å². The van der Waals surface area contributed by atoms with E-state index in [1.165, 1.54) is 12.4 Å². The molecule has 2 bridgehead atoms. The predicted molar refractivity (Wildman–Crippen MR) is 104 cm³/mol. The number of carbonyl (C=O) groups excluding carboxylic acids is 2. The molecule has 2 aliphatic heterocycles. The first kappa shape index (κ1) is 18.2. The van der Waals surface area contributed by atoms with Crippen LogP contribution in [-0.4, -0.2) is 66.1 Å². The lowest BCUT2D eigenvalue weighted by molar-refractivity contribution is -0.106. The van der Waals surface area contributed by atoms with Crippen molar-refractivity contribution in [3.63, 3.8) is 0 Å². The summed E-state index contributed by atoms with van der Waals surface area (Å²) in [6.45, 7) is 2.04.